The highest BCUT2D eigenvalue weighted by Gasteiger charge is 2.49. The second kappa shape index (κ2) is 9.21. The van der Waals surface area contributed by atoms with E-state index in [1.807, 2.05) is 43.7 Å². The fourth-order valence-electron chi connectivity index (χ4n) is 6.10. The molecule has 2 fully saturated rings. The first kappa shape index (κ1) is 23.7. The van der Waals surface area contributed by atoms with Gasteiger partial charge in [0.05, 0.1) is 18.0 Å². The van der Waals surface area contributed by atoms with Crippen LogP contribution in [0.5, 0.6) is 0 Å². The maximum atomic E-state index is 14.1. The van der Waals surface area contributed by atoms with Gasteiger partial charge in [-0.1, -0.05) is 31.0 Å². The Balaban J connectivity index is 1.41. The highest BCUT2D eigenvalue weighted by atomic mass is 16.6. The average Bonchev–Trinajstić information content (AvgIpc) is 3.44. The summed E-state index contributed by atoms with van der Waals surface area (Å²) in [6, 6.07) is 7.97. The van der Waals surface area contributed by atoms with Gasteiger partial charge in [0.25, 0.3) is 0 Å². The lowest BCUT2D eigenvalue weighted by molar-refractivity contribution is -0.139. The summed E-state index contributed by atoms with van der Waals surface area (Å²) in [4.78, 5) is 33.3. The Morgan fingerprint density at radius 2 is 1.94 bits per heavy atom. The molecule has 5 rings (SSSR count). The van der Waals surface area contributed by atoms with E-state index in [9.17, 15) is 9.59 Å². The lowest BCUT2D eigenvalue weighted by atomic mass is 9.80. The molecule has 2 N–H and O–H groups in total. The molecule has 3 heterocycles. The minimum atomic E-state index is -0.575. The van der Waals surface area contributed by atoms with Gasteiger partial charge in [0.1, 0.15) is 11.4 Å². The first-order valence-corrected chi connectivity index (χ1v) is 12.7. The quantitative estimate of drug-likeness (QED) is 0.670. The van der Waals surface area contributed by atoms with Crippen LogP contribution < -0.4 is 10.6 Å². The van der Waals surface area contributed by atoms with E-state index >= 15 is 0 Å². The number of fused-ring (bicyclic) bond motifs is 3. The Labute approximate surface area is 207 Å². The molecule has 2 aromatic rings. The van der Waals surface area contributed by atoms with Crippen LogP contribution >= 0.6 is 0 Å². The number of alkyl carbamates (subject to hydrolysis) is 1. The van der Waals surface area contributed by atoms with Crippen molar-refractivity contribution >= 4 is 17.7 Å². The van der Waals surface area contributed by atoms with Crippen LogP contribution in [0.1, 0.15) is 76.3 Å². The number of nitrogens with one attached hydrogen (secondary N) is 2. The van der Waals surface area contributed by atoms with Crippen molar-refractivity contribution in [1.29, 1.82) is 0 Å². The van der Waals surface area contributed by atoms with Gasteiger partial charge in [-0.3, -0.25) is 4.79 Å². The van der Waals surface area contributed by atoms with Crippen LogP contribution in [0.25, 0.3) is 0 Å². The number of ether oxygens (including phenoxy) is 1. The van der Waals surface area contributed by atoms with E-state index in [4.69, 9.17) is 4.74 Å². The molecule has 187 valence electrons. The molecule has 3 aliphatic rings. The van der Waals surface area contributed by atoms with Crippen LogP contribution in [0.2, 0.25) is 0 Å². The van der Waals surface area contributed by atoms with Crippen LogP contribution in [0.3, 0.4) is 0 Å². The Hall–Kier alpha value is -3.03. The minimum Gasteiger partial charge on any atom is -0.444 e. The van der Waals surface area contributed by atoms with E-state index in [2.05, 4.69) is 39.7 Å². The number of imidazole rings is 1. The van der Waals surface area contributed by atoms with Crippen LogP contribution in [-0.4, -0.2) is 44.6 Å². The molecule has 2 aliphatic heterocycles. The summed E-state index contributed by atoms with van der Waals surface area (Å²) in [6.07, 6.45) is 7.62. The number of amides is 2. The highest BCUT2D eigenvalue weighted by Crippen LogP contribution is 2.51. The molecule has 1 radical (unpaired) electrons. The molecule has 5 atom stereocenters. The third-order valence-electron chi connectivity index (χ3n) is 7.56. The number of hydrogen-bond donors (Lipinski definition) is 2. The normalized spacial score (nSPS) is 28.0. The van der Waals surface area contributed by atoms with E-state index in [0.717, 1.165) is 49.2 Å². The summed E-state index contributed by atoms with van der Waals surface area (Å²) in [5.41, 5.74) is 1.61. The molecular weight excluding hydrogens is 442 g/mol. The van der Waals surface area contributed by atoms with Gasteiger partial charge >= 0.3 is 6.09 Å². The summed E-state index contributed by atoms with van der Waals surface area (Å²) in [6.45, 7) is 6.24. The van der Waals surface area contributed by atoms with Gasteiger partial charge in [-0.05, 0) is 51.7 Å². The Morgan fingerprint density at radius 1 is 1.17 bits per heavy atom. The number of anilines is 1. The van der Waals surface area contributed by atoms with Crippen molar-refractivity contribution in [3.05, 3.63) is 55.1 Å². The van der Waals surface area contributed by atoms with Gasteiger partial charge in [-0.15, -0.1) is 0 Å². The Morgan fingerprint density at radius 3 is 2.69 bits per heavy atom. The molecule has 0 unspecified atom stereocenters. The van der Waals surface area contributed by atoms with Crippen LogP contribution in [-0.2, 0) is 9.53 Å². The first-order valence-electron chi connectivity index (χ1n) is 12.7. The number of carbonyl (C=O) groups excluding carboxylic acids is 2. The Kier molecular flexibility index (Phi) is 6.23. The molecule has 1 aromatic heterocycles. The summed E-state index contributed by atoms with van der Waals surface area (Å²) in [7, 11) is 4.10. The van der Waals surface area contributed by atoms with Crippen molar-refractivity contribution in [2.45, 2.75) is 76.6 Å². The lowest BCUT2D eigenvalue weighted by Crippen LogP contribution is -2.51. The zero-order chi connectivity index (χ0) is 24.7. The highest BCUT2D eigenvalue weighted by molar-refractivity contribution is 5.82. The molecule has 1 aliphatic carbocycles. The average molecular weight is 479 g/mol. The predicted octanol–water partition coefficient (Wildman–Crippen LogP) is 4.66. The predicted molar refractivity (Wildman–Crippen MR) is 133 cm³/mol. The molecule has 35 heavy (non-hydrogen) atoms. The largest absolute Gasteiger partial charge is 0.444 e. The molecule has 0 spiro atoms. The number of para-hydroxylation sites is 1. The number of benzene rings is 1. The number of rotatable bonds is 3. The van der Waals surface area contributed by atoms with Crippen molar-refractivity contribution in [3.8, 4) is 0 Å². The van der Waals surface area contributed by atoms with E-state index < -0.39 is 11.7 Å². The SMILES string of the molecule is [CH2]n1ccnc1[C@@H]1Nc2ccccc2[C@H]2[C@@H]1CCN2C(=O)[C@H]1CCCC[C@H]1NC(=O)OC(C)(C)C. The van der Waals surface area contributed by atoms with Gasteiger partial charge < -0.3 is 24.8 Å². The van der Waals surface area contributed by atoms with Gasteiger partial charge in [-0.25, -0.2) is 9.78 Å². The molecule has 0 bridgehead atoms. The lowest BCUT2D eigenvalue weighted by Gasteiger charge is -2.41. The topological polar surface area (TPSA) is 88.5 Å². The van der Waals surface area contributed by atoms with Crippen LogP contribution in [0.4, 0.5) is 10.5 Å². The van der Waals surface area contributed by atoms with Gasteiger partial charge in [0.15, 0.2) is 0 Å². The molecule has 8 heteroatoms. The summed E-state index contributed by atoms with van der Waals surface area (Å²) < 4.78 is 7.31. The number of likely N-dealkylation sites (tertiary alicyclic amines) is 1. The number of hydrogen-bond acceptors (Lipinski definition) is 5. The maximum Gasteiger partial charge on any atom is 0.407 e. The fourth-order valence-corrected chi connectivity index (χ4v) is 6.10. The molecule has 1 aromatic carbocycles. The molecule has 1 saturated carbocycles. The van der Waals surface area contributed by atoms with Crippen molar-refractivity contribution in [2.24, 2.45) is 11.8 Å². The van der Waals surface area contributed by atoms with Gasteiger partial charge in [0, 0.05) is 43.6 Å². The van der Waals surface area contributed by atoms with E-state index in [1.165, 1.54) is 0 Å². The molecule has 2 amide bonds. The maximum absolute atomic E-state index is 14.1. The summed E-state index contributed by atoms with van der Waals surface area (Å²) in [5, 5.41) is 6.69. The van der Waals surface area contributed by atoms with Crippen molar-refractivity contribution in [3.63, 3.8) is 0 Å². The monoisotopic (exact) mass is 478 g/mol. The smallest absolute Gasteiger partial charge is 0.407 e. The number of nitrogens with zero attached hydrogens (tertiary/aromatic N) is 3. The van der Waals surface area contributed by atoms with E-state index in [1.54, 1.807) is 6.20 Å². The van der Waals surface area contributed by atoms with Crippen LogP contribution in [0.15, 0.2) is 36.7 Å². The first-order chi connectivity index (χ1) is 16.7. The molecule has 8 nitrogen and oxygen atoms in total. The van der Waals surface area contributed by atoms with Crippen molar-refractivity contribution in [1.82, 2.24) is 19.8 Å². The second-order valence-corrected chi connectivity index (χ2v) is 11.0. The fraction of sp³-hybridized carbons (Fsp3) is 0.556. The third kappa shape index (κ3) is 4.62. The summed E-state index contributed by atoms with van der Waals surface area (Å²) >= 11 is 0. The van der Waals surface area contributed by atoms with Crippen molar-refractivity contribution < 1.29 is 14.3 Å². The van der Waals surface area contributed by atoms with Gasteiger partial charge in [-0.2, -0.15) is 0 Å². The Bertz CT molecular complexity index is 1090. The number of aromatic nitrogens is 2. The van der Waals surface area contributed by atoms with Crippen LogP contribution in [0, 0.1) is 18.9 Å². The number of carbonyl (C=O) groups is 2. The summed E-state index contributed by atoms with van der Waals surface area (Å²) in [5.74, 6) is 0.959. The molecular formula is C27H36N5O3. The minimum absolute atomic E-state index is 0.0257. The third-order valence-corrected chi connectivity index (χ3v) is 7.56. The van der Waals surface area contributed by atoms with Gasteiger partial charge in [0.2, 0.25) is 5.91 Å². The zero-order valence-corrected chi connectivity index (χ0v) is 20.9. The van der Waals surface area contributed by atoms with E-state index in [0.29, 0.717) is 6.54 Å². The standard InChI is InChI=1S/C27H36N5O3/c1-27(2,3)35-26(34)30-21-12-8-6-10-18(21)25(33)32-15-13-19-22(24-28-14-16-31(24)4)29-20-11-7-5-9-17(20)23(19)32/h5,7,9,11,14,16,18-19,21-23,29H,4,6,8,10,12-13,15H2,1-3H3,(H,30,34)/t18-,19+,21+,22+,23-/m0/s1. The zero-order valence-electron chi connectivity index (χ0n) is 20.9. The second-order valence-electron chi connectivity index (χ2n) is 11.0. The van der Waals surface area contributed by atoms with E-state index in [-0.39, 0.29) is 35.9 Å². The molecule has 1 saturated heterocycles. The van der Waals surface area contributed by atoms with Crippen molar-refractivity contribution in [2.75, 3.05) is 11.9 Å².